The number of carboxylic acid groups (broad SMARTS) is 1. The fourth-order valence-electron chi connectivity index (χ4n) is 3.68. The predicted molar refractivity (Wildman–Crippen MR) is 127 cm³/mol. The number of carbonyl (C=O) groups is 3. The van der Waals surface area contributed by atoms with E-state index in [2.05, 4.69) is 20.5 Å². The van der Waals surface area contributed by atoms with E-state index < -0.39 is 29.7 Å². The third kappa shape index (κ3) is 4.96. The van der Waals surface area contributed by atoms with Crippen molar-refractivity contribution in [3.05, 3.63) is 77.0 Å². The summed E-state index contributed by atoms with van der Waals surface area (Å²) in [6.07, 6.45) is -5.70. The molecule has 0 aliphatic rings. The Hall–Kier alpha value is -5.38. The number of rotatable bonds is 5. The number of hydrogen-bond acceptors (Lipinski definition) is 7. The topological polar surface area (TPSA) is 155 Å². The number of nitrogens with zero attached hydrogens (tertiary/aromatic N) is 2. The minimum atomic E-state index is -4.72. The number of aromatic nitrogens is 1. The van der Waals surface area contributed by atoms with Gasteiger partial charge in [-0.15, -0.1) is 0 Å². The number of nitrogens with one attached hydrogen (secondary N) is 2. The normalized spacial score (nSPS) is 11.0. The summed E-state index contributed by atoms with van der Waals surface area (Å²) in [7, 11) is 1.06. The van der Waals surface area contributed by atoms with Crippen LogP contribution < -0.4 is 10.6 Å². The molecule has 0 bridgehead atoms. The first-order valence-corrected chi connectivity index (χ1v) is 10.6. The maximum absolute atomic E-state index is 13.7. The predicted octanol–water partition coefficient (Wildman–Crippen LogP) is 5.51. The van der Waals surface area contributed by atoms with Crippen LogP contribution in [-0.4, -0.2) is 35.3 Å². The molecule has 4 rings (SSSR count). The summed E-state index contributed by atoms with van der Waals surface area (Å²) in [5, 5.41) is 26.8. The first kappa shape index (κ1) is 25.7. The third-order valence-corrected chi connectivity index (χ3v) is 5.40. The number of fused-ring (bicyclic) bond motifs is 1. The van der Waals surface area contributed by atoms with Crippen LogP contribution >= 0.6 is 0 Å². The van der Waals surface area contributed by atoms with Crippen LogP contribution in [0.2, 0.25) is 0 Å². The van der Waals surface area contributed by atoms with Crippen LogP contribution in [0.4, 0.5) is 29.3 Å². The van der Waals surface area contributed by atoms with E-state index in [0.29, 0.717) is 0 Å². The SMILES string of the molecule is COC(=O)Nc1cc2c(C(=O)Nc3ccc(C#N)cc3C(=O)O)noc2cc1-c1ccccc1C(F)(F)F. The van der Waals surface area contributed by atoms with Gasteiger partial charge in [-0.2, -0.15) is 18.4 Å². The number of ether oxygens (including phenoxy) is 1. The molecule has 2 amide bonds. The van der Waals surface area contributed by atoms with Crippen LogP contribution in [0.3, 0.4) is 0 Å². The first-order chi connectivity index (χ1) is 18.0. The lowest BCUT2D eigenvalue weighted by Crippen LogP contribution is -2.16. The van der Waals surface area contributed by atoms with Crippen molar-refractivity contribution in [2.45, 2.75) is 6.18 Å². The number of amides is 2. The van der Waals surface area contributed by atoms with Gasteiger partial charge in [0, 0.05) is 5.56 Å². The summed E-state index contributed by atoms with van der Waals surface area (Å²) in [6.45, 7) is 0. The highest BCUT2D eigenvalue weighted by Gasteiger charge is 2.34. The Bertz CT molecular complexity index is 1640. The lowest BCUT2D eigenvalue weighted by molar-refractivity contribution is -0.137. The van der Waals surface area contributed by atoms with Crippen molar-refractivity contribution in [1.82, 2.24) is 5.16 Å². The molecular formula is C25H15F3N4O6. The molecule has 0 fully saturated rings. The molecule has 0 unspecified atom stereocenters. The van der Waals surface area contributed by atoms with Gasteiger partial charge in [0.25, 0.3) is 5.91 Å². The van der Waals surface area contributed by atoms with E-state index in [-0.39, 0.29) is 50.3 Å². The summed E-state index contributed by atoms with van der Waals surface area (Å²) in [6, 6.07) is 12.4. The zero-order valence-electron chi connectivity index (χ0n) is 19.2. The molecule has 0 saturated heterocycles. The Kier molecular flexibility index (Phi) is 6.72. The summed E-state index contributed by atoms with van der Waals surface area (Å²) >= 11 is 0. The molecule has 192 valence electrons. The number of carbonyl (C=O) groups excluding carboxylic acids is 2. The molecule has 3 aromatic carbocycles. The average Bonchev–Trinajstić information content (AvgIpc) is 3.30. The molecule has 0 atom stereocenters. The van der Waals surface area contributed by atoms with E-state index in [1.54, 1.807) is 6.07 Å². The van der Waals surface area contributed by atoms with Crippen LogP contribution in [-0.2, 0) is 10.9 Å². The Labute approximate surface area is 211 Å². The molecule has 3 N–H and O–H groups in total. The molecule has 4 aromatic rings. The molecule has 10 nitrogen and oxygen atoms in total. The second-order valence-corrected chi connectivity index (χ2v) is 7.72. The highest BCUT2D eigenvalue weighted by molar-refractivity contribution is 6.14. The quantitative estimate of drug-likeness (QED) is 0.309. The Morgan fingerprint density at radius 1 is 1.03 bits per heavy atom. The fourth-order valence-corrected chi connectivity index (χ4v) is 3.68. The molecule has 0 aliphatic carbocycles. The molecule has 1 aromatic heterocycles. The maximum Gasteiger partial charge on any atom is 0.417 e. The van der Waals surface area contributed by atoms with Crippen molar-refractivity contribution in [3.63, 3.8) is 0 Å². The van der Waals surface area contributed by atoms with Crippen molar-refractivity contribution in [2.75, 3.05) is 17.7 Å². The van der Waals surface area contributed by atoms with Gasteiger partial charge in [-0.25, -0.2) is 9.59 Å². The van der Waals surface area contributed by atoms with E-state index in [0.717, 1.165) is 19.2 Å². The summed E-state index contributed by atoms with van der Waals surface area (Å²) < 4.78 is 50.9. The average molecular weight is 524 g/mol. The van der Waals surface area contributed by atoms with E-state index in [1.165, 1.54) is 42.5 Å². The van der Waals surface area contributed by atoms with Crippen LogP contribution in [0.25, 0.3) is 22.1 Å². The van der Waals surface area contributed by atoms with Crippen LogP contribution in [0, 0.1) is 11.3 Å². The van der Waals surface area contributed by atoms with Crippen LogP contribution in [0.15, 0.2) is 59.1 Å². The van der Waals surface area contributed by atoms with Crippen molar-refractivity contribution in [3.8, 4) is 17.2 Å². The summed E-state index contributed by atoms with van der Waals surface area (Å²) in [4.78, 5) is 36.6. The number of carboxylic acids is 1. The number of nitriles is 1. The number of hydrogen-bond donors (Lipinski definition) is 3. The smallest absolute Gasteiger partial charge is 0.417 e. The number of aromatic carboxylic acids is 1. The monoisotopic (exact) mass is 524 g/mol. The molecule has 38 heavy (non-hydrogen) atoms. The van der Waals surface area contributed by atoms with Gasteiger partial charge in [0.1, 0.15) is 0 Å². The highest BCUT2D eigenvalue weighted by Crippen LogP contribution is 2.41. The van der Waals surface area contributed by atoms with Crippen molar-refractivity contribution in [1.29, 1.82) is 5.26 Å². The number of anilines is 2. The Morgan fingerprint density at radius 3 is 2.42 bits per heavy atom. The van der Waals surface area contributed by atoms with Gasteiger partial charge >= 0.3 is 18.2 Å². The van der Waals surface area contributed by atoms with E-state index in [1.807, 2.05) is 0 Å². The Morgan fingerprint density at radius 2 is 1.76 bits per heavy atom. The summed E-state index contributed by atoms with van der Waals surface area (Å²) in [5.74, 6) is -2.32. The van der Waals surface area contributed by atoms with E-state index in [4.69, 9.17) is 9.78 Å². The number of methoxy groups -OCH3 is 1. The van der Waals surface area contributed by atoms with Crippen molar-refractivity contribution in [2.24, 2.45) is 0 Å². The van der Waals surface area contributed by atoms with E-state index >= 15 is 0 Å². The number of halogens is 3. The summed E-state index contributed by atoms with van der Waals surface area (Å²) in [5.41, 5.74) is -2.35. The Balaban J connectivity index is 1.83. The molecule has 0 saturated carbocycles. The fraction of sp³-hybridized carbons (Fsp3) is 0.0800. The second-order valence-electron chi connectivity index (χ2n) is 7.72. The standard InChI is InChI=1S/C25H15F3N4O6/c1-37-24(36)31-19-9-16-20(10-14(19)13-4-2-3-5-17(13)25(26,27)28)38-32-21(16)22(33)30-18-7-6-12(11-29)8-15(18)23(34)35/h2-10H,1H3,(H,30,33)(H,31,36)(H,34,35). The second kappa shape index (κ2) is 9.94. The van der Waals surface area contributed by atoms with Gasteiger partial charge < -0.3 is 19.7 Å². The zero-order chi connectivity index (χ0) is 27.6. The molecule has 13 heteroatoms. The lowest BCUT2D eigenvalue weighted by Gasteiger charge is -2.16. The largest absolute Gasteiger partial charge is 0.478 e. The third-order valence-electron chi connectivity index (χ3n) is 5.40. The van der Waals surface area contributed by atoms with Gasteiger partial charge in [0.2, 0.25) is 0 Å². The van der Waals surface area contributed by atoms with Crippen molar-refractivity contribution >= 4 is 40.3 Å². The zero-order valence-corrected chi connectivity index (χ0v) is 19.2. The van der Waals surface area contributed by atoms with Crippen LogP contribution in [0.1, 0.15) is 32.0 Å². The van der Waals surface area contributed by atoms with Crippen LogP contribution in [0.5, 0.6) is 0 Å². The maximum atomic E-state index is 13.7. The lowest BCUT2D eigenvalue weighted by atomic mass is 9.96. The molecule has 0 radical (unpaired) electrons. The van der Waals surface area contributed by atoms with Gasteiger partial charge in [-0.3, -0.25) is 10.1 Å². The molecular weight excluding hydrogens is 509 g/mol. The number of alkyl halides is 3. The van der Waals surface area contributed by atoms with Gasteiger partial charge in [-0.1, -0.05) is 23.4 Å². The molecule has 0 spiro atoms. The number of benzene rings is 3. The molecule has 0 aliphatic heterocycles. The minimum absolute atomic E-state index is 0.00710. The van der Waals surface area contributed by atoms with Crippen molar-refractivity contribution < 1.29 is 41.9 Å². The minimum Gasteiger partial charge on any atom is -0.478 e. The van der Waals surface area contributed by atoms with Gasteiger partial charge in [-0.05, 0) is 42.0 Å². The first-order valence-electron chi connectivity index (χ1n) is 10.6. The van der Waals surface area contributed by atoms with E-state index in [9.17, 15) is 32.7 Å². The van der Waals surface area contributed by atoms with Gasteiger partial charge in [0.05, 0.1) is 46.6 Å². The van der Waals surface area contributed by atoms with Gasteiger partial charge in [0.15, 0.2) is 11.3 Å². The molecule has 1 heterocycles. The highest BCUT2D eigenvalue weighted by atomic mass is 19.4.